The van der Waals surface area contributed by atoms with Crippen LogP contribution in [-0.2, 0) is 6.42 Å². The van der Waals surface area contributed by atoms with Gasteiger partial charge < -0.3 is 5.32 Å². The van der Waals surface area contributed by atoms with Gasteiger partial charge in [0.15, 0.2) is 0 Å². The minimum Gasteiger partial charge on any atom is -0.313 e. The first-order valence-electron chi connectivity index (χ1n) is 6.97. The van der Waals surface area contributed by atoms with E-state index in [0.29, 0.717) is 6.04 Å². The fourth-order valence-electron chi connectivity index (χ4n) is 2.69. The van der Waals surface area contributed by atoms with Crippen LogP contribution in [0.1, 0.15) is 22.7 Å². The first kappa shape index (κ1) is 13.3. The number of thiophene rings is 1. The highest BCUT2D eigenvalue weighted by Gasteiger charge is 2.15. The summed E-state index contributed by atoms with van der Waals surface area (Å²) in [6.07, 6.45) is 1.03. The van der Waals surface area contributed by atoms with E-state index < -0.39 is 0 Å². The number of nitrogens with one attached hydrogen (secondary N) is 1. The summed E-state index contributed by atoms with van der Waals surface area (Å²) < 4.78 is 1.37. The summed E-state index contributed by atoms with van der Waals surface area (Å²) >= 11 is 1.83. The van der Waals surface area contributed by atoms with Crippen molar-refractivity contribution in [2.45, 2.75) is 19.4 Å². The van der Waals surface area contributed by atoms with Gasteiger partial charge >= 0.3 is 0 Å². The fourth-order valence-corrected chi connectivity index (χ4v) is 3.71. The molecule has 0 aliphatic heterocycles. The van der Waals surface area contributed by atoms with Gasteiger partial charge in [-0.3, -0.25) is 0 Å². The number of rotatable bonds is 4. The molecule has 1 N–H and O–H groups in total. The molecular weight excluding hydrogens is 262 g/mol. The van der Waals surface area contributed by atoms with E-state index in [-0.39, 0.29) is 0 Å². The van der Waals surface area contributed by atoms with Crippen LogP contribution in [0.5, 0.6) is 0 Å². The smallest absolute Gasteiger partial charge is 0.0373 e. The Bertz CT molecular complexity index is 714. The second-order valence-corrected chi connectivity index (χ2v) is 6.07. The van der Waals surface area contributed by atoms with E-state index in [1.165, 1.54) is 26.8 Å². The van der Waals surface area contributed by atoms with Crippen molar-refractivity contribution in [3.63, 3.8) is 0 Å². The number of hydrogen-bond acceptors (Lipinski definition) is 2. The maximum absolute atomic E-state index is 3.48. The van der Waals surface area contributed by atoms with Crippen LogP contribution in [-0.4, -0.2) is 7.05 Å². The lowest BCUT2D eigenvalue weighted by Gasteiger charge is -2.17. The lowest BCUT2D eigenvalue weighted by molar-refractivity contribution is 0.596. The third-order valence-corrected chi connectivity index (χ3v) is 4.90. The van der Waals surface area contributed by atoms with E-state index in [0.717, 1.165) is 6.42 Å². The molecule has 1 atom stereocenters. The average Bonchev–Trinajstić information content (AvgIpc) is 2.90. The highest BCUT2D eigenvalue weighted by Crippen LogP contribution is 2.32. The molecule has 0 saturated carbocycles. The van der Waals surface area contributed by atoms with Gasteiger partial charge in [0.1, 0.15) is 0 Å². The van der Waals surface area contributed by atoms with E-state index in [4.69, 9.17) is 0 Å². The molecule has 2 aromatic carbocycles. The standard InChI is InChI=1S/C18H19NS/c1-13-7-3-4-8-14(13)11-17(19-2)16-12-20-18-10-6-5-9-15(16)18/h3-10,12,17,19H,11H2,1-2H3. The van der Waals surface area contributed by atoms with Gasteiger partial charge in [0.05, 0.1) is 0 Å². The van der Waals surface area contributed by atoms with Crippen LogP contribution in [0.4, 0.5) is 0 Å². The van der Waals surface area contributed by atoms with Crippen LogP contribution in [0, 0.1) is 6.92 Å². The molecule has 0 aliphatic carbocycles. The molecular formula is C18H19NS. The maximum atomic E-state index is 3.48. The molecule has 0 radical (unpaired) electrons. The van der Waals surface area contributed by atoms with Crippen LogP contribution in [0.15, 0.2) is 53.9 Å². The highest BCUT2D eigenvalue weighted by molar-refractivity contribution is 7.17. The molecule has 1 heterocycles. The Labute approximate surface area is 124 Å². The van der Waals surface area contributed by atoms with Crippen LogP contribution in [0.2, 0.25) is 0 Å². The van der Waals surface area contributed by atoms with Crippen molar-refractivity contribution in [3.05, 3.63) is 70.6 Å². The van der Waals surface area contributed by atoms with Gasteiger partial charge in [-0.1, -0.05) is 42.5 Å². The monoisotopic (exact) mass is 281 g/mol. The number of fused-ring (bicyclic) bond motifs is 1. The van der Waals surface area contributed by atoms with Crippen LogP contribution in [0.25, 0.3) is 10.1 Å². The second kappa shape index (κ2) is 5.78. The summed E-state index contributed by atoms with van der Waals surface area (Å²) in [6.45, 7) is 2.19. The van der Waals surface area contributed by atoms with Crippen molar-refractivity contribution >= 4 is 21.4 Å². The predicted octanol–water partition coefficient (Wildman–Crippen LogP) is 4.71. The highest BCUT2D eigenvalue weighted by atomic mass is 32.1. The SMILES string of the molecule is CNC(Cc1ccccc1C)c1csc2ccccc12. The predicted molar refractivity (Wildman–Crippen MR) is 88.5 cm³/mol. The molecule has 1 unspecified atom stereocenters. The summed E-state index contributed by atoms with van der Waals surface area (Å²) in [5.41, 5.74) is 4.20. The van der Waals surface area contributed by atoms with E-state index in [9.17, 15) is 0 Å². The summed E-state index contributed by atoms with van der Waals surface area (Å²) in [6, 6.07) is 17.7. The largest absolute Gasteiger partial charge is 0.313 e. The normalized spacial score (nSPS) is 12.7. The molecule has 3 aromatic rings. The maximum Gasteiger partial charge on any atom is 0.0373 e. The lowest BCUT2D eigenvalue weighted by Crippen LogP contribution is -2.18. The zero-order valence-electron chi connectivity index (χ0n) is 11.9. The fraction of sp³-hybridized carbons (Fsp3) is 0.222. The zero-order valence-corrected chi connectivity index (χ0v) is 12.7. The molecule has 0 saturated heterocycles. The lowest BCUT2D eigenvalue weighted by atomic mass is 9.96. The Morgan fingerprint density at radius 1 is 1.05 bits per heavy atom. The van der Waals surface area contributed by atoms with Crippen molar-refractivity contribution in [1.82, 2.24) is 5.32 Å². The average molecular weight is 281 g/mol. The number of benzene rings is 2. The van der Waals surface area contributed by atoms with Crippen LogP contribution >= 0.6 is 11.3 Å². The van der Waals surface area contributed by atoms with Crippen molar-refractivity contribution in [1.29, 1.82) is 0 Å². The van der Waals surface area contributed by atoms with Crippen molar-refractivity contribution in [2.24, 2.45) is 0 Å². The van der Waals surface area contributed by atoms with E-state index in [1.807, 2.05) is 11.3 Å². The van der Waals surface area contributed by atoms with Gasteiger partial charge in [-0.2, -0.15) is 0 Å². The van der Waals surface area contributed by atoms with Crippen LogP contribution in [0.3, 0.4) is 0 Å². The Morgan fingerprint density at radius 3 is 2.60 bits per heavy atom. The van der Waals surface area contributed by atoms with Gasteiger partial charge in [0.2, 0.25) is 0 Å². The summed E-state index contributed by atoms with van der Waals surface area (Å²) in [5, 5.41) is 7.15. The molecule has 102 valence electrons. The molecule has 0 spiro atoms. The molecule has 0 fully saturated rings. The third kappa shape index (κ3) is 2.49. The van der Waals surface area contributed by atoms with Gasteiger partial charge in [-0.15, -0.1) is 11.3 Å². The van der Waals surface area contributed by atoms with Gasteiger partial charge in [0.25, 0.3) is 0 Å². The Kier molecular flexibility index (Phi) is 3.86. The molecule has 20 heavy (non-hydrogen) atoms. The summed E-state index contributed by atoms with van der Waals surface area (Å²) in [7, 11) is 2.05. The molecule has 0 aliphatic rings. The Morgan fingerprint density at radius 2 is 1.80 bits per heavy atom. The topological polar surface area (TPSA) is 12.0 Å². The van der Waals surface area contributed by atoms with Crippen molar-refractivity contribution in [3.8, 4) is 0 Å². The Hall–Kier alpha value is -1.64. The van der Waals surface area contributed by atoms with Crippen LogP contribution < -0.4 is 5.32 Å². The van der Waals surface area contributed by atoms with E-state index in [1.54, 1.807) is 0 Å². The minimum atomic E-state index is 0.368. The molecule has 2 heteroatoms. The number of aryl methyl sites for hydroxylation is 1. The Balaban J connectivity index is 1.96. The second-order valence-electron chi connectivity index (χ2n) is 5.16. The first-order chi connectivity index (χ1) is 9.79. The van der Waals surface area contributed by atoms with Gasteiger partial charge in [-0.25, -0.2) is 0 Å². The summed E-state index contributed by atoms with van der Waals surface area (Å²) in [5.74, 6) is 0. The van der Waals surface area contributed by atoms with Crippen molar-refractivity contribution < 1.29 is 0 Å². The van der Waals surface area contributed by atoms with E-state index >= 15 is 0 Å². The summed E-state index contributed by atoms with van der Waals surface area (Å²) in [4.78, 5) is 0. The molecule has 1 nitrogen and oxygen atoms in total. The molecule has 0 bridgehead atoms. The quantitative estimate of drug-likeness (QED) is 0.730. The van der Waals surface area contributed by atoms with Crippen molar-refractivity contribution in [2.75, 3.05) is 7.05 Å². The third-order valence-electron chi connectivity index (χ3n) is 3.92. The molecule has 1 aromatic heterocycles. The molecule has 3 rings (SSSR count). The molecule has 0 amide bonds. The number of likely N-dealkylation sites (N-methyl/N-ethyl adjacent to an activating group) is 1. The van der Waals surface area contributed by atoms with Gasteiger partial charge in [0, 0.05) is 10.7 Å². The number of hydrogen-bond donors (Lipinski definition) is 1. The minimum absolute atomic E-state index is 0.368. The van der Waals surface area contributed by atoms with Gasteiger partial charge in [-0.05, 0) is 53.9 Å². The zero-order chi connectivity index (χ0) is 13.9. The van der Waals surface area contributed by atoms with E-state index in [2.05, 4.69) is 73.2 Å². The first-order valence-corrected chi connectivity index (χ1v) is 7.85.